The molecule has 1 amide bonds. The van der Waals surface area contributed by atoms with Crippen molar-refractivity contribution < 1.29 is 13.2 Å². The van der Waals surface area contributed by atoms with E-state index in [2.05, 4.69) is 51.1 Å². The third-order valence-corrected chi connectivity index (χ3v) is 8.04. The van der Waals surface area contributed by atoms with Crippen LogP contribution in [0.15, 0.2) is 58.4 Å². The van der Waals surface area contributed by atoms with E-state index < -0.39 is 16.1 Å². The highest BCUT2D eigenvalue weighted by atomic mass is 32.2. The van der Waals surface area contributed by atoms with Crippen LogP contribution in [-0.4, -0.2) is 43.7 Å². The summed E-state index contributed by atoms with van der Waals surface area (Å²) in [6.07, 6.45) is 3.85. The molecule has 2 aliphatic heterocycles. The SMILES string of the molecule is CC(C)[C@H](N=C1NS(=O)(=O)c2ccccc21)C(=O)NCc1ccc(CN2CCCCC2C)cc1. The van der Waals surface area contributed by atoms with Gasteiger partial charge in [0.15, 0.2) is 0 Å². The van der Waals surface area contributed by atoms with Crippen LogP contribution in [0.5, 0.6) is 0 Å². The van der Waals surface area contributed by atoms with Gasteiger partial charge in [0.2, 0.25) is 5.91 Å². The van der Waals surface area contributed by atoms with Crippen LogP contribution in [0.2, 0.25) is 0 Å². The van der Waals surface area contributed by atoms with Gasteiger partial charge in [0.25, 0.3) is 10.0 Å². The van der Waals surface area contributed by atoms with Gasteiger partial charge in [-0.15, -0.1) is 0 Å². The maximum atomic E-state index is 13.0. The highest BCUT2D eigenvalue weighted by molar-refractivity contribution is 7.90. The molecule has 0 bridgehead atoms. The lowest BCUT2D eigenvalue weighted by molar-refractivity contribution is -0.123. The number of aliphatic imine (C=N–C) groups is 1. The molecule has 0 aromatic heterocycles. The molecular formula is C26H34N4O3S. The molecule has 2 N–H and O–H groups in total. The van der Waals surface area contributed by atoms with E-state index in [0.717, 1.165) is 18.7 Å². The van der Waals surface area contributed by atoms with Crippen LogP contribution in [-0.2, 0) is 27.9 Å². The number of amidine groups is 1. The monoisotopic (exact) mass is 482 g/mol. The highest BCUT2D eigenvalue weighted by Crippen LogP contribution is 2.24. The Labute approximate surface area is 202 Å². The zero-order chi connectivity index (χ0) is 24.3. The Hall–Kier alpha value is -2.71. The van der Waals surface area contributed by atoms with Gasteiger partial charge in [-0.25, -0.2) is 8.42 Å². The Balaban J connectivity index is 1.40. The fraction of sp³-hybridized carbons (Fsp3) is 0.462. The van der Waals surface area contributed by atoms with E-state index in [1.54, 1.807) is 24.3 Å². The van der Waals surface area contributed by atoms with Crippen LogP contribution in [0, 0.1) is 5.92 Å². The third kappa shape index (κ3) is 5.50. The van der Waals surface area contributed by atoms with Crippen LogP contribution >= 0.6 is 0 Å². The first-order chi connectivity index (χ1) is 16.2. The number of sulfonamides is 1. The number of hydrogen-bond acceptors (Lipinski definition) is 5. The first kappa shape index (κ1) is 24.4. The molecule has 0 aliphatic carbocycles. The van der Waals surface area contributed by atoms with E-state index in [9.17, 15) is 13.2 Å². The molecular weight excluding hydrogens is 448 g/mol. The third-order valence-electron chi connectivity index (χ3n) is 6.65. The van der Waals surface area contributed by atoms with Crippen molar-refractivity contribution in [3.05, 3.63) is 65.2 Å². The fourth-order valence-electron chi connectivity index (χ4n) is 4.56. The number of likely N-dealkylation sites (tertiary alicyclic amines) is 1. The number of amides is 1. The summed E-state index contributed by atoms with van der Waals surface area (Å²) in [5, 5.41) is 2.97. The first-order valence-corrected chi connectivity index (χ1v) is 13.5. The van der Waals surface area contributed by atoms with Crippen LogP contribution in [0.4, 0.5) is 0 Å². The zero-order valence-corrected chi connectivity index (χ0v) is 20.9. The van der Waals surface area contributed by atoms with E-state index in [-0.39, 0.29) is 22.6 Å². The topological polar surface area (TPSA) is 90.9 Å². The van der Waals surface area contributed by atoms with Crippen LogP contribution < -0.4 is 10.0 Å². The molecule has 0 radical (unpaired) electrons. The summed E-state index contributed by atoms with van der Waals surface area (Å²) in [7, 11) is -3.64. The van der Waals surface area contributed by atoms with Crippen LogP contribution in [0.1, 0.15) is 56.7 Å². The van der Waals surface area contributed by atoms with Crippen molar-refractivity contribution in [2.24, 2.45) is 10.9 Å². The molecule has 0 spiro atoms. The minimum Gasteiger partial charge on any atom is -0.350 e. The minimum absolute atomic E-state index is 0.0984. The van der Waals surface area contributed by atoms with E-state index in [0.29, 0.717) is 18.2 Å². The summed E-state index contributed by atoms with van der Waals surface area (Å²) in [4.78, 5) is 20.2. The number of benzene rings is 2. The predicted molar refractivity (Wildman–Crippen MR) is 134 cm³/mol. The molecule has 7 nitrogen and oxygen atoms in total. The maximum Gasteiger partial charge on any atom is 0.263 e. The molecule has 0 saturated carbocycles. The largest absolute Gasteiger partial charge is 0.350 e. The molecule has 2 heterocycles. The van der Waals surface area contributed by atoms with Crippen molar-refractivity contribution in [1.29, 1.82) is 0 Å². The number of piperidine rings is 1. The first-order valence-electron chi connectivity index (χ1n) is 12.0. The van der Waals surface area contributed by atoms with Gasteiger partial charge in [-0.3, -0.25) is 19.4 Å². The summed E-state index contributed by atoms with van der Waals surface area (Å²) in [5.41, 5.74) is 2.80. The Bertz CT molecular complexity index is 1160. The second-order valence-electron chi connectivity index (χ2n) is 9.62. The van der Waals surface area contributed by atoms with Gasteiger partial charge >= 0.3 is 0 Å². The Morgan fingerprint density at radius 2 is 1.82 bits per heavy atom. The van der Waals surface area contributed by atoms with Crippen LogP contribution in [0.3, 0.4) is 0 Å². The number of carbonyl (C=O) groups excluding carboxylic acids is 1. The van der Waals surface area contributed by atoms with Gasteiger partial charge in [-0.2, -0.15) is 0 Å². The quantitative estimate of drug-likeness (QED) is 0.633. The summed E-state index contributed by atoms with van der Waals surface area (Å²) in [5.74, 6) is -0.100. The average Bonchev–Trinajstić information content (AvgIpc) is 3.08. The number of hydrogen-bond donors (Lipinski definition) is 2. The van der Waals surface area contributed by atoms with E-state index in [4.69, 9.17) is 0 Å². The maximum absolute atomic E-state index is 13.0. The number of nitrogens with one attached hydrogen (secondary N) is 2. The van der Waals surface area contributed by atoms with Gasteiger partial charge in [-0.1, -0.05) is 56.7 Å². The normalized spacial score (nSPS) is 21.8. The molecule has 2 aromatic rings. The molecule has 2 aromatic carbocycles. The van der Waals surface area contributed by atoms with Crippen molar-refractivity contribution >= 4 is 21.8 Å². The molecule has 2 atom stereocenters. The van der Waals surface area contributed by atoms with Gasteiger partial charge in [-0.05, 0) is 55.5 Å². The standard InChI is InChI=1S/C26H34N4O3S/c1-18(2)24(28-25-22-9-4-5-10-23(22)34(32,33)29-25)26(31)27-16-20-11-13-21(14-12-20)17-30-15-7-6-8-19(30)3/h4-5,9-14,18-19,24H,6-8,15-17H2,1-3H3,(H,27,31)(H,28,29)/t19?,24-/m0/s1. The van der Waals surface area contributed by atoms with Crippen molar-refractivity contribution in [1.82, 2.24) is 14.9 Å². The smallest absolute Gasteiger partial charge is 0.263 e. The van der Waals surface area contributed by atoms with Gasteiger partial charge < -0.3 is 5.32 Å². The lowest BCUT2D eigenvalue weighted by atomic mass is 10.0. The summed E-state index contributed by atoms with van der Waals surface area (Å²) < 4.78 is 27.2. The second kappa shape index (κ2) is 10.3. The number of nitrogens with zero attached hydrogens (tertiary/aromatic N) is 2. The average molecular weight is 483 g/mol. The minimum atomic E-state index is -3.64. The summed E-state index contributed by atoms with van der Waals surface area (Å²) in [6, 6.07) is 15.0. The molecule has 182 valence electrons. The zero-order valence-electron chi connectivity index (χ0n) is 20.1. The van der Waals surface area contributed by atoms with Crippen LogP contribution in [0.25, 0.3) is 0 Å². The molecule has 4 rings (SSSR count). The second-order valence-corrected chi connectivity index (χ2v) is 11.3. The highest BCUT2D eigenvalue weighted by Gasteiger charge is 2.32. The Morgan fingerprint density at radius 3 is 2.53 bits per heavy atom. The van der Waals surface area contributed by atoms with E-state index in [1.807, 2.05) is 13.8 Å². The molecule has 1 fully saturated rings. The summed E-state index contributed by atoms with van der Waals surface area (Å²) >= 11 is 0. The van der Waals surface area contributed by atoms with Gasteiger partial charge in [0, 0.05) is 24.7 Å². The van der Waals surface area contributed by atoms with Crippen molar-refractivity contribution in [3.8, 4) is 0 Å². The van der Waals surface area contributed by atoms with E-state index in [1.165, 1.54) is 24.8 Å². The molecule has 2 aliphatic rings. The van der Waals surface area contributed by atoms with E-state index >= 15 is 0 Å². The Morgan fingerprint density at radius 1 is 1.12 bits per heavy atom. The molecule has 34 heavy (non-hydrogen) atoms. The van der Waals surface area contributed by atoms with Gasteiger partial charge in [0.1, 0.15) is 11.9 Å². The number of rotatable bonds is 7. The molecule has 1 saturated heterocycles. The number of fused-ring (bicyclic) bond motifs is 1. The number of carbonyl (C=O) groups is 1. The van der Waals surface area contributed by atoms with Gasteiger partial charge in [0.05, 0.1) is 4.90 Å². The fourth-order valence-corrected chi connectivity index (χ4v) is 5.80. The lowest BCUT2D eigenvalue weighted by Gasteiger charge is -2.33. The summed E-state index contributed by atoms with van der Waals surface area (Å²) in [6.45, 7) is 8.61. The van der Waals surface area contributed by atoms with Crippen molar-refractivity contribution in [2.75, 3.05) is 6.54 Å². The predicted octanol–water partition coefficient (Wildman–Crippen LogP) is 3.44. The van der Waals surface area contributed by atoms with Crippen molar-refractivity contribution in [2.45, 2.75) is 70.1 Å². The Kier molecular flexibility index (Phi) is 7.38. The van der Waals surface area contributed by atoms with Crippen molar-refractivity contribution in [3.63, 3.8) is 0 Å². The lowest BCUT2D eigenvalue weighted by Crippen LogP contribution is -2.38. The molecule has 8 heteroatoms. The molecule has 1 unspecified atom stereocenters.